The van der Waals surface area contributed by atoms with Crippen molar-refractivity contribution in [2.45, 2.75) is 26.7 Å². The lowest BCUT2D eigenvalue weighted by molar-refractivity contribution is -0.384. The number of benzene rings is 1. The average Bonchev–Trinajstić information content (AvgIpc) is 2.42. The number of nitro benzene ring substituents is 1. The standard InChI is InChI=1S/C14H18N2O5/c1-9(3-6-13(17)18)8-15-14(19)12-5-4-11(16(20)21)7-10(12)2/h4-5,7,9H,3,6,8H2,1-2H3,(H,15,19)(H,17,18). The van der Waals surface area contributed by atoms with Crippen molar-refractivity contribution in [3.8, 4) is 0 Å². The zero-order valence-corrected chi connectivity index (χ0v) is 12.0. The number of amides is 1. The van der Waals surface area contributed by atoms with Gasteiger partial charge in [0.2, 0.25) is 0 Å². The number of aliphatic carboxylic acids is 1. The SMILES string of the molecule is Cc1cc([N+](=O)[O-])ccc1C(=O)NCC(C)CCC(=O)O. The highest BCUT2D eigenvalue weighted by atomic mass is 16.6. The van der Waals surface area contributed by atoms with Crippen LogP contribution < -0.4 is 5.32 Å². The van der Waals surface area contributed by atoms with E-state index in [1.54, 1.807) is 6.92 Å². The number of rotatable bonds is 7. The van der Waals surface area contributed by atoms with Crippen LogP contribution >= 0.6 is 0 Å². The van der Waals surface area contributed by atoms with Crippen molar-refractivity contribution >= 4 is 17.6 Å². The van der Waals surface area contributed by atoms with Crippen molar-refractivity contribution in [1.29, 1.82) is 0 Å². The second kappa shape index (κ2) is 7.37. The predicted molar refractivity (Wildman–Crippen MR) is 76.2 cm³/mol. The topological polar surface area (TPSA) is 110 Å². The molecule has 1 unspecified atom stereocenters. The third-order valence-electron chi connectivity index (χ3n) is 3.13. The molecule has 0 aromatic heterocycles. The lowest BCUT2D eigenvalue weighted by atomic mass is 10.0. The minimum Gasteiger partial charge on any atom is -0.481 e. The van der Waals surface area contributed by atoms with Crippen LogP contribution in [0.15, 0.2) is 18.2 Å². The van der Waals surface area contributed by atoms with Gasteiger partial charge in [-0.2, -0.15) is 0 Å². The quantitative estimate of drug-likeness (QED) is 0.591. The number of hydrogen-bond acceptors (Lipinski definition) is 4. The van der Waals surface area contributed by atoms with Crippen molar-refractivity contribution in [2.24, 2.45) is 5.92 Å². The molecular weight excluding hydrogens is 276 g/mol. The molecule has 0 fully saturated rings. The lowest BCUT2D eigenvalue weighted by Gasteiger charge is -2.12. The summed E-state index contributed by atoms with van der Waals surface area (Å²) in [5, 5.41) is 21.9. The molecule has 0 saturated heterocycles. The average molecular weight is 294 g/mol. The summed E-state index contributed by atoms with van der Waals surface area (Å²) >= 11 is 0. The molecule has 0 bridgehead atoms. The van der Waals surface area contributed by atoms with Crippen LogP contribution in [0.3, 0.4) is 0 Å². The Balaban J connectivity index is 2.60. The Hall–Kier alpha value is -2.44. The molecule has 1 aromatic rings. The Bertz CT molecular complexity index is 556. The zero-order chi connectivity index (χ0) is 16.0. The largest absolute Gasteiger partial charge is 0.481 e. The van der Waals surface area contributed by atoms with E-state index < -0.39 is 10.9 Å². The fourth-order valence-electron chi connectivity index (χ4n) is 1.85. The van der Waals surface area contributed by atoms with E-state index >= 15 is 0 Å². The summed E-state index contributed by atoms with van der Waals surface area (Å²) in [5.41, 5.74) is 0.852. The lowest BCUT2D eigenvalue weighted by Crippen LogP contribution is -2.29. The molecule has 1 atom stereocenters. The molecule has 114 valence electrons. The van der Waals surface area contributed by atoms with Crippen LogP contribution in [-0.4, -0.2) is 28.5 Å². The van der Waals surface area contributed by atoms with E-state index in [2.05, 4.69) is 5.32 Å². The van der Waals surface area contributed by atoms with Crippen LogP contribution in [0.5, 0.6) is 0 Å². The summed E-state index contributed by atoms with van der Waals surface area (Å²) in [6.45, 7) is 3.85. The second-order valence-corrected chi connectivity index (χ2v) is 5.00. The first kappa shape index (κ1) is 16.6. The number of carboxylic acid groups (broad SMARTS) is 1. The van der Waals surface area contributed by atoms with Crippen LogP contribution in [0.1, 0.15) is 35.7 Å². The first-order valence-corrected chi connectivity index (χ1v) is 6.56. The number of nitro groups is 1. The number of nitrogens with zero attached hydrogens (tertiary/aromatic N) is 1. The van der Waals surface area contributed by atoms with Gasteiger partial charge in [0.25, 0.3) is 11.6 Å². The first-order chi connectivity index (χ1) is 9.81. The molecule has 7 nitrogen and oxygen atoms in total. The normalized spacial score (nSPS) is 11.7. The Morgan fingerprint density at radius 2 is 2.10 bits per heavy atom. The number of non-ortho nitro benzene ring substituents is 1. The highest BCUT2D eigenvalue weighted by Crippen LogP contribution is 2.17. The van der Waals surface area contributed by atoms with E-state index in [0.29, 0.717) is 24.1 Å². The highest BCUT2D eigenvalue weighted by Gasteiger charge is 2.14. The number of carbonyl (C=O) groups excluding carboxylic acids is 1. The molecule has 0 radical (unpaired) electrons. The monoisotopic (exact) mass is 294 g/mol. The molecule has 0 spiro atoms. The molecule has 0 aliphatic heterocycles. The van der Waals surface area contributed by atoms with E-state index in [0.717, 1.165) is 0 Å². The van der Waals surface area contributed by atoms with Crippen molar-refractivity contribution in [2.75, 3.05) is 6.54 Å². The summed E-state index contributed by atoms with van der Waals surface area (Å²) < 4.78 is 0. The molecule has 1 rings (SSSR count). The van der Waals surface area contributed by atoms with E-state index in [-0.39, 0.29) is 23.9 Å². The molecule has 21 heavy (non-hydrogen) atoms. The molecule has 0 saturated carbocycles. The number of nitrogens with one attached hydrogen (secondary N) is 1. The molecule has 0 heterocycles. The van der Waals surface area contributed by atoms with Gasteiger partial charge in [-0.25, -0.2) is 0 Å². The van der Waals surface area contributed by atoms with Crippen LogP contribution in [0.2, 0.25) is 0 Å². The summed E-state index contributed by atoms with van der Waals surface area (Å²) in [7, 11) is 0. The van der Waals surface area contributed by atoms with Crippen LogP contribution in [0.25, 0.3) is 0 Å². The third kappa shape index (κ3) is 5.21. The molecular formula is C14H18N2O5. The fraction of sp³-hybridized carbons (Fsp3) is 0.429. The van der Waals surface area contributed by atoms with Gasteiger partial charge in [-0.05, 0) is 30.9 Å². The maximum absolute atomic E-state index is 12.0. The minimum atomic E-state index is -0.862. The number of carbonyl (C=O) groups is 2. The predicted octanol–water partition coefficient (Wildman–Crippen LogP) is 2.13. The molecule has 0 aliphatic rings. The Labute approximate surface area is 122 Å². The summed E-state index contributed by atoms with van der Waals surface area (Å²) in [5.74, 6) is -1.13. The molecule has 2 N–H and O–H groups in total. The van der Waals surface area contributed by atoms with Crippen LogP contribution in [0, 0.1) is 23.0 Å². The zero-order valence-electron chi connectivity index (χ0n) is 12.0. The Morgan fingerprint density at radius 1 is 1.43 bits per heavy atom. The van der Waals surface area contributed by atoms with E-state index in [9.17, 15) is 19.7 Å². The van der Waals surface area contributed by atoms with E-state index in [1.165, 1.54) is 18.2 Å². The molecule has 1 aromatic carbocycles. The summed E-state index contributed by atoms with van der Waals surface area (Å²) in [6.07, 6.45) is 0.544. The van der Waals surface area contributed by atoms with Gasteiger partial charge in [0.05, 0.1) is 4.92 Å². The van der Waals surface area contributed by atoms with Gasteiger partial charge >= 0.3 is 5.97 Å². The molecule has 0 aliphatic carbocycles. The van der Waals surface area contributed by atoms with Crippen molar-refractivity contribution in [1.82, 2.24) is 5.32 Å². The smallest absolute Gasteiger partial charge is 0.303 e. The Morgan fingerprint density at radius 3 is 2.62 bits per heavy atom. The van der Waals surface area contributed by atoms with Gasteiger partial charge in [0.15, 0.2) is 0 Å². The van der Waals surface area contributed by atoms with Crippen molar-refractivity contribution in [3.05, 3.63) is 39.4 Å². The van der Waals surface area contributed by atoms with Crippen molar-refractivity contribution in [3.63, 3.8) is 0 Å². The van der Waals surface area contributed by atoms with Crippen molar-refractivity contribution < 1.29 is 19.6 Å². The van der Waals surface area contributed by atoms with Gasteiger partial charge in [-0.3, -0.25) is 19.7 Å². The highest BCUT2D eigenvalue weighted by molar-refractivity contribution is 5.95. The van der Waals surface area contributed by atoms with Gasteiger partial charge in [0.1, 0.15) is 0 Å². The third-order valence-corrected chi connectivity index (χ3v) is 3.13. The fourth-order valence-corrected chi connectivity index (χ4v) is 1.85. The maximum atomic E-state index is 12.0. The van der Waals surface area contributed by atoms with E-state index in [1.807, 2.05) is 6.92 Å². The number of aryl methyl sites for hydroxylation is 1. The van der Waals surface area contributed by atoms with Gasteiger partial charge < -0.3 is 10.4 Å². The number of hydrogen-bond donors (Lipinski definition) is 2. The van der Waals surface area contributed by atoms with Crippen LogP contribution in [-0.2, 0) is 4.79 Å². The number of carboxylic acids is 1. The summed E-state index contributed by atoms with van der Waals surface area (Å²) in [6, 6.07) is 4.06. The molecule has 1 amide bonds. The van der Waals surface area contributed by atoms with Crippen LogP contribution in [0.4, 0.5) is 5.69 Å². The van der Waals surface area contributed by atoms with Gasteiger partial charge in [0, 0.05) is 30.7 Å². The second-order valence-electron chi connectivity index (χ2n) is 5.00. The van der Waals surface area contributed by atoms with Gasteiger partial charge in [-0.1, -0.05) is 6.92 Å². The minimum absolute atomic E-state index is 0.0448. The first-order valence-electron chi connectivity index (χ1n) is 6.56. The summed E-state index contributed by atoms with van der Waals surface area (Å²) in [4.78, 5) is 32.6. The molecule has 7 heteroatoms. The van der Waals surface area contributed by atoms with Gasteiger partial charge in [-0.15, -0.1) is 0 Å². The van der Waals surface area contributed by atoms with E-state index in [4.69, 9.17) is 5.11 Å². The maximum Gasteiger partial charge on any atom is 0.303 e. The Kier molecular flexibility index (Phi) is 5.83.